The summed E-state index contributed by atoms with van der Waals surface area (Å²) in [7, 11) is 4.00. The van der Waals surface area contributed by atoms with Gasteiger partial charge in [0.05, 0.1) is 11.3 Å². The molecule has 0 spiro atoms. The molecule has 0 radical (unpaired) electrons. The standard InChI is InChI=1S/C18H16IN3O2S/c1-11-8-14(17(23)24-16(11)9-19)15-10-25-18(21-15)20-12-4-6-13(7-5-12)22(2)3/h4-10H,1H2,2-3H3,(H,20,21)/b16-9-. The Morgan fingerprint density at radius 3 is 2.68 bits per heavy atom. The van der Waals surface area contributed by atoms with E-state index in [2.05, 4.69) is 16.9 Å². The van der Waals surface area contributed by atoms with Gasteiger partial charge < -0.3 is 14.6 Å². The quantitative estimate of drug-likeness (QED) is 0.601. The van der Waals surface area contributed by atoms with Crippen molar-refractivity contribution in [3.8, 4) is 11.3 Å². The molecule has 0 fully saturated rings. The summed E-state index contributed by atoms with van der Waals surface area (Å²) in [5, 5.41) is 6.45. The third-order valence-electron chi connectivity index (χ3n) is 3.57. The fourth-order valence-corrected chi connectivity index (χ4v) is 3.47. The van der Waals surface area contributed by atoms with E-state index < -0.39 is 5.63 Å². The largest absolute Gasteiger partial charge is 0.422 e. The number of rotatable bonds is 4. The molecule has 128 valence electrons. The summed E-state index contributed by atoms with van der Waals surface area (Å²) in [5.41, 5.74) is 3.12. The second-order valence-electron chi connectivity index (χ2n) is 5.55. The monoisotopic (exact) mass is 465 g/mol. The summed E-state index contributed by atoms with van der Waals surface area (Å²) in [4.78, 5) is 18.7. The molecule has 2 aromatic heterocycles. The summed E-state index contributed by atoms with van der Waals surface area (Å²) >= 11 is 3.45. The molecule has 2 heterocycles. The van der Waals surface area contributed by atoms with E-state index in [0.29, 0.717) is 27.0 Å². The zero-order valence-corrected chi connectivity index (χ0v) is 16.7. The van der Waals surface area contributed by atoms with Gasteiger partial charge in [0.15, 0.2) is 5.13 Å². The highest BCUT2D eigenvalue weighted by Gasteiger charge is 2.10. The number of nitrogens with zero attached hydrogens (tertiary/aromatic N) is 2. The second-order valence-corrected chi connectivity index (χ2v) is 7.03. The number of anilines is 3. The zero-order valence-electron chi connectivity index (χ0n) is 13.7. The summed E-state index contributed by atoms with van der Waals surface area (Å²) in [6.45, 7) is 3.90. The lowest BCUT2D eigenvalue weighted by molar-refractivity contribution is 0.477. The lowest BCUT2D eigenvalue weighted by Crippen LogP contribution is -2.28. The molecule has 0 atom stereocenters. The number of thiazole rings is 1. The van der Waals surface area contributed by atoms with Crippen molar-refractivity contribution in [2.75, 3.05) is 24.3 Å². The maximum atomic E-state index is 12.1. The lowest BCUT2D eigenvalue weighted by atomic mass is 10.2. The number of halogens is 1. The molecular weight excluding hydrogens is 449 g/mol. The van der Waals surface area contributed by atoms with Gasteiger partial charge in [-0.25, -0.2) is 9.78 Å². The number of benzene rings is 1. The second kappa shape index (κ2) is 7.40. The van der Waals surface area contributed by atoms with Gasteiger partial charge in [0.2, 0.25) is 0 Å². The highest BCUT2D eigenvalue weighted by molar-refractivity contribution is 14.1. The van der Waals surface area contributed by atoms with Crippen LogP contribution in [-0.2, 0) is 0 Å². The van der Waals surface area contributed by atoms with Crippen LogP contribution < -0.4 is 26.5 Å². The van der Waals surface area contributed by atoms with Gasteiger partial charge in [-0.2, -0.15) is 0 Å². The fraction of sp³-hybridized carbons (Fsp3) is 0.111. The van der Waals surface area contributed by atoms with E-state index >= 15 is 0 Å². The maximum Gasteiger partial charge on any atom is 0.345 e. The minimum absolute atomic E-state index is 0.414. The van der Waals surface area contributed by atoms with E-state index in [1.54, 1.807) is 10.1 Å². The molecule has 5 nitrogen and oxygen atoms in total. The topological polar surface area (TPSA) is 58.4 Å². The summed E-state index contributed by atoms with van der Waals surface area (Å²) in [6, 6.07) is 9.74. The molecule has 25 heavy (non-hydrogen) atoms. The normalized spacial score (nSPS) is 11.6. The van der Waals surface area contributed by atoms with Gasteiger partial charge in [-0.3, -0.25) is 0 Å². The van der Waals surface area contributed by atoms with E-state index in [9.17, 15) is 4.79 Å². The van der Waals surface area contributed by atoms with Crippen LogP contribution in [-0.4, -0.2) is 19.1 Å². The Bertz CT molecular complexity index is 1060. The Hall–Kier alpha value is -2.13. The molecule has 1 aromatic carbocycles. The van der Waals surface area contributed by atoms with Crippen LogP contribution in [0.25, 0.3) is 21.9 Å². The average molecular weight is 465 g/mol. The summed E-state index contributed by atoms with van der Waals surface area (Å²) in [6.07, 6.45) is 0. The van der Waals surface area contributed by atoms with Gasteiger partial charge in [0, 0.05) is 40.2 Å². The molecular formula is C18H16IN3O2S. The van der Waals surface area contributed by atoms with Gasteiger partial charge in [-0.15, -0.1) is 11.3 Å². The molecule has 1 N–H and O–H groups in total. The van der Waals surface area contributed by atoms with Crippen LogP contribution in [0, 0.1) is 0 Å². The molecule has 0 saturated heterocycles. The summed E-state index contributed by atoms with van der Waals surface area (Å²) < 4.78 is 6.96. The van der Waals surface area contributed by atoms with Crippen LogP contribution in [0.4, 0.5) is 16.5 Å². The summed E-state index contributed by atoms with van der Waals surface area (Å²) in [5.74, 6) is 0. The van der Waals surface area contributed by atoms with Crippen molar-refractivity contribution in [2.45, 2.75) is 0 Å². The number of aromatic nitrogens is 1. The average Bonchev–Trinajstić information content (AvgIpc) is 3.05. The Morgan fingerprint density at radius 2 is 2.04 bits per heavy atom. The van der Waals surface area contributed by atoms with E-state index in [-0.39, 0.29) is 0 Å². The molecule has 0 aliphatic rings. The van der Waals surface area contributed by atoms with Gasteiger partial charge in [0.1, 0.15) is 5.42 Å². The van der Waals surface area contributed by atoms with Crippen molar-refractivity contribution in [1.29, 1.82) is 0 Å². The minimum Gasteiger partial charge on any atom is -0.422 e. The third kappa shape index (κ3) is 3.93. The molecule has 0 unspecified atom stereocenters. The molecule has 0 bridgehead atoms. The van der Waals surface area contributed by atoms with Crippen molar-refractivity contribution in [2.24, 2.45) is 0 Å². The van der Waals surface area contributed by atoms with E-state index in [1.165, 1.54) is 11.3 Å². The fourth-order valence-electron chi connectivity index (χ4n) is 2.22. The van der Waals surface area contributed by atoms with Crippen LogP contribution >= 0.6 is 33.9 Å². The Kier molecular flexibility index (Phi) is 5.24. The van der Waals surface area contributed by atoms with Crippen molar-refractivity contribution < 1.29 is 4.42 Å². The Balaban J connectivity index is 1.87. The van der Waals surface area contributed by atoms with Crippen molar-refractivity contribution in [3.05, 3.63) is 56.8 Å². The predicted octanol–water partition coefficient (Wildman–Crippen LogP) is 3.16. The van der Waals surface area contributed by atoms with Gasteiger partial charge in [0.25, 0.3) is 0 Å². The van der Waals surface area contributed by atoms with Crippen LogP contribution in [0.5, 0.6) is 0 Å². The van der Waals surface area contributed by atoms with Gasteiger partial charge in [-0.1, -0.05) is 6.58 Å². The number of nitrogens with one attached hydrogen (secondary N) is 1. The van der Waals surface area contributed by atoms with Crippen LogP contribution in [0.2, 0.25) is 0 Å². The van der Waals surface area contributed by atoms with Crippen molar-refractivity contribution in [3.63, 3.8) is 0 Å². The minimum atomic E-state index is -0.414. The van der Waals surface area contributed by atoms with Crippen LogP contribution in [0.15, 0.2) is 44.9 Å². The SMILES string of the molecule is C=c1cc(-c2csc(Nc3ccc(N(C)C)cc3)n2)c(=O)o/c1=C\I. The first-order chi connectivity index (χ1) is 12.0. The lowest BCUT2D eigenvalue weighted by Gasteiger charge is -2.12. The highest BCUT2D eigenvalue weighted by Crippen LogP contribution is 2.26. The molecule has 3 aromatic rings. The highest BCUT2D eigenvalue weighted by atomic mass is 127. The van der Waals surface area contributed by atoms with E-state index in [1.807, 2.05) is 71.2 Å². The molecule has 7 heteroatoms. The van der Waals surface area contributed by atoms with Gasteiger partial charge in [-0.05, 0) is 52.9 Å². The van der Waals surface area contributed by atoms with Gasteiger partial charge >= 0.3 is 5.63 Å². The van der Waals surface area contributed by atoms with Crippen molar-refractivity contribution in [1.82, 2.24) is 4.98 Å². The van der Waals surface area contributed by atoms with Crippen LogP contribution in [0.1, 0.15) is 0 Å². The number of hydrogen-bond donors (Lipinski definition) is 1. The Labute approximate surface area is 162 Å². The first kappa shape index (κ1) is 17.7. The maximum absolute atomic E-state index is 12.1. The smallest absolute Gasteiger partial charge is 0.345 e. The number of hydrogen-bond acceptors (Lipinski definition) is 6. The molecule has 0 aliphatic heterocycles. The Morgan fingerprint density at radius 1 is 1.32 bits per heavy atom. The first-order valence-electron chi connectivity index (χ1n) is 7.42. The molecule has 0 aliphatic carbocycles. The van der Waals surface area contributed by atoms with E-state index in [4.69, 9.17) is 4.42 Å². The molecule has 3 rings (SSSR count). The molecule has 0 saturated carbocycles. The predicted molar refractivity (Wildman–Crippen MR) is 113 cm³/mol. The van der Waals surface area contributed by atoms with E-state index in [0.717, 1.165) is 11.4 Å². The van der Waals surface area contributed by atoms with Crippen LogP contribution in [0.3, 0.4) is 0 Å². The third-order valence-corrected chi connectivity index (χ3v) is 4.90. The van der Waals surface area contributed by atoms with Crippen molar-refractivity contribution >= 4 is 61.1 Å². The molecule has 0 amide bonds. The first-order valence-corrected chi connectivity index (χ1v) is 9.54. The zero-order chi connectivity index (χ0) is 18.0.